The van der Waals surface area contributed by atoms with Crippen LogP contribution in [-0.2, 0) is 4.74 Å². The number of aliphatic hydroxyl groups excluding tert-OH is 1. The highest BCUT2D eigenvalue weighted by atomic mass is 16.5. The quantitative estimate of drug-likeness (QED) is 0.847. The molecule has 0 aliphatic carbocycles. The molecule has 1 N–H and O–H groups in total. The Hall–Kier alpha value is -1.26. The molecule has 0 saturated carbocycles. The molecular weight excluding hydrogens is 232 g/mol. The molecule has 1 aromatic carbocycles. The van der Waals surface area contributed by atoms with Crippen LogP contribution >= 0.6 is 0 Å². The number of hydrogen-bond donors (Lipinski definition) is 1. The van der Waals surface area contributed by atoms with E-state index in [1.54, 1.807) is 33.5 Å². The Morgan fingerprint density at radius 1 is 1.00 bits per heavy atom. The average molecular weight is 254 g/mol. The molecule has 1 aromatic rings. The van der Waals surface area contributed by atoms with Gasteiger partial charge in [-0.3, -0.25) is 0 Å². The van der Waals surface area contributed by atoms with Crippen molar-refractivity contribution >= 4 is 0 Å². The van der Waals surface area contributed by atoms with Crippen LogP contribution in [0.2, 0.25) is 0 Å². The fourth-order valence-electron chi connectivity index (χ4n) is 2.10. The van der Waals surface area contributed by atoms with Crippen LogP contribution in [0.25, 0.3) is 0 Å². The lowest BCUT2D eigenvalue weighted by molar-refractivity contribution is -0.0407. The molecule has 1 rings (SSSR count). The fourth-order valence-corrected chi connectivity index (χ4v) is 2.10. The van der Waals surface area contributed by atoms with E-state index in [0.29, 0.717) is 17.1 Å². The van der Waals surface area contributed by atoms with E-state index in [4.69, 9.17) is 14.2 Å². The summed E-state index contributed by atoms with van der Waals surface area (Å²) in [4.78, 5) is 0. The van der Waals surface area contributed by atoms with Gasteiger partial charge in [0.2, 0.25) is 0 Å². The van der Waals surface area contributed by atoms with Gasteiger partial charge in [-0.15, -0.1) is 0 Å². The highest BCUT2D eigenvalue weighted by Crippen LogP contribution is 2.37. The van der Waals surface area contributed by atoms with E-state index in [2.05, 4.69) is 0 Å². The lowest BCUT2D eigenvalue weighted by atomic mass is 9.94. The molecule has 2 unspecified atom stereocenters. The first-order valence-electron chi connectivity index (χ1n) is 5.98. The molecule has 102 valence electrons. The molecule has 0 aliphatic rings. The molecule has 0 bridgehead atoms. The molecule has 0 heterocycles. The van der Waals surface area contributed by atoms with Crippen molar-refractivity contribution in [3.63, 3.8) is 0 Å². The second-order valence-corrected chi connectivity index (χ2v) is 4.47. The van der Waals surface area contributed by atoms with Crippen molar-refractivity contribution in [3.8, 4) is 11.5 Å². The van der Waals surface area contributed by atoms with Crippen LogP contribution in [0.5, 0.6) is 11.5 Å². The van der Waals surface area contributed by atoms with Crippen LogP contribution in [0.15, 0.2) is 18.2 Å². The lowest BCUT2D eigenvalue weighted by Gasteiger charge is -2.27. The molecular formula is C14H22O4. The largest absolute Gasteiger partial charge is 0.496 e. The molecule has 4 nitrogen and oxygen atoms in total. The summed E-state index contributed by atoms with van der Waals surface area (Å²) in [5, 5.41) is 10.5. The Labute approximate surface area is 108 Å². The highest BCUT2D eigenvalue weighted by Gasteiger charge is 2.29. The van der Waals surface area contributed by atoms with Gasteiger partial charge in [0.05, 0.1) is 25.9 Å². The van der Waals surface area contributed by atoms with Crippen molar-refractivity contribution in [1.82, 2.24) is 0 Å². The predicted octanol–water partition coefficient (Wildman–Crippen LogP) is 2.41. The summed E-state index contributed by atoms with van der Waals surface area (Å²) in [5.74, 6) is 1.38. The smallest absolute Gasteiger partial charge is 0.128 e. The third-order valence-corrected chi connectivity index (χ3v) is 3.00. The van der Waals surface area contributed by atoms with Crippen molar-refractivity contribution < 1.29 is 19.3 Å². The number of hydrogen-bond acceptors (Lipinski definition) is 4. The van der Waals surface area contributed by atoms with Crippen molar-refractivity contribution in [2.75, 3.05) is 21.3 Å². The fraction of sp³-hybridized carbons (Fsp3) is 0.571. The maximum absolute atomic E-state index is 10.5. The van der Waals surface area contributed by atoms with Crippen LogP contribution in [0.1, 0.15) is 25.5 Å². The Balaban J connectivity index is 3.20. The number of benzene rings is 1. The third kappa shape index (κ3) is 2.94. The maximum Gasteiger partial charge on any atom is 0.128 e. The minimum atomic E-state index is -0.791. The minimum absolute atomic E-state index is 0.180. The second-order valence-electron chi connectivity index (χ2n) is 4.47. The number of rotatable bonds is 6. The van der Waals surface area contributed by atoms with E-state index in [1.165, 1.54) is 0 Å². The van der Waals surface area contributed by atoms with Crippen molar-refractivity contribution in [3.05, 3.63) is 23.8 Å². The summed E-state index contributed by atoms with van der Waals surface area (Å²) in [6.45, 7) is 4.00. The Morgan fingerprint density at radius 3 is 1.83 bits per heavy atom. The van der Waals surface area contributed by atoms with E-state index in [9.17, 15) is 5.11 Å². The minimum Gasteiger partial charge on any atom is -0.496 e. The van der Waals surface area contributed by atoms with E-state index in [1.807, 2.05) is 19.9 Å². The summed E-state index contributed by atoms with van der Waals surface area (Å²) >= 11 is 0. The zero-order valence-corrected chi connectivity index (χ0v) is 11.6. The van der Waals surface area contributed by atoms with Crippen LogP contribution in [-0.4, -0.2) is 32.5 Å². The van der Waals surface area contributed by atoms with Gasteiger partial charge < -0.3 is 19.3 Å². The lowest BCUT2D eigenvalue weighted by Crippen LogP contribution is -2.27. The number of aliphatic hydroxyl groups is 1. The normalized spacial score (nSPS) is 14.4. The number of methoxy groups -OCH3 is 3. The SMILES string of the molecule is COc1cccc(OC)c1C(O)C(OC)C(C)C. The molecule has 0 fully saturated rings. The highest BCUT2D eigenvalue weighted by molar-refractivity contribution is 5.46. The first kappa shape index (κ1) is 14.8. The molecule has 2 atom stereocenters. The van der Waals surface area contributed by atoms with Gasteiger partial charge in [-0.25, -0.2) is 0 Å². The first-order chi connectivity index (χ1) is 8.56. The van der Waals surface area contributed by atoms with Gasteiger partial charge in [0.1, 0.15) is 17.6 Å². The van der Waals surface area contributed by atoms with Gasteiger partial charge in [0.15, 0.2) is 0 Å². The Morgan fingerprint density at radius 2 is 1.50 bits per heavy atom. The van der Waals surface area contributed by atoms with Gasteiger partial charge in [0, 0.05) is 7.11 Å². The van der Waals surface area contributed by atoms with Gasteiger partial charge in [0.25, 0.3) is 0 Å². The first-order valence-corrected chi connectivity index (χ1v) is 5.98. The average Bonchev–Trinajstić information content (AvgIpc) is 2.37. The zero-order chi connectivity index (χ0) is 13.7. The third-order valence-electron chi connectivity index (χ3n) is 3.00. The van der Waals surface area contributed by atoms with E-state index < -0.39 is 6.10 Å². The molecule has 4 heteroatoms. The second kappa shape index (κ2) is 6.61. The molecule has 0 amide bonds. The molecule has 0 aliphatic heterocycles. The van der Waals surface area contributed by atoms with Gasteiger partial charge in [-0.05, 0) is 18.1 Å². The van der Waals surface area contributed by atoms with Gasteiger partial charge >= 0.3 is 0 Å². The molecule has 0 radical (unpaired) electrons. The molecule has 18 heavy (non-hydrogen) atoms. The molecule has 0 spiro atoms. The van der Waals surface area contributed by atoms with E-state index in [-0.39, 0.29) is 12.0 Å². The summed E-state index contributed by atoms with van der Waals surface area (Å²) in [6, 6.07) is 5.42. The summed E-state index contributed by atoms with van der Waals surface area (Å²) < 4.78 is 15.9. The summed E-state index contributed by atoms with van der Waals surface area (Å²) in [7, 11) is 4.74. The van der Waals surface area contributed by atoms with Crippen LogP contribution in [0.3, 0.4) is 0 Å². The van der Waals surface area contributed by atoms with Crippen molar-refractivity contribution in [2.45, 2.75) is 26.1 Å². The van der Waals surface area contributed by atoms with Crippen LogP contribution in [0, 0.1) is 5.92 Å². The standard InChI is InChI=1S/C14H22O4/c1-9(2)14(18-5)13(15)12-10(16-3)7-6-8-11(12)17-4/h6-9,13-15H,1-5H3. The van der Waals surface area contributed by atoms with E-state index in [0.717, 1.165) is 0 Å². The molecule has 0 aromatic heterocycles. The Kier molecular flexibility index (Phi) is 5.44. The van der Waals surface area contributed by atoms with E-state index >= 15 is 0 Å². The van der Waals surface area contributed by atoms with Gasteiger partial charge in [-0.1, -0.05) is 19.9 Å². The van der Waals surface area contributed by atoms with Crippen molar-refractivity contribution in [2.24, 2.45) is 5.92 Å². The molecule has 0 saturated heterocycles. The summed E-state index contributed by atoms with van der Waals surface area (Å²) in [5.41, 5.74) is 0.628. The van der Waals surface area contributed by atoms with Crippen LogP contribution in [0.4, 0.5) is 0 Å². The number of ether oxygens (including phenoxy) is 3. The van der Waals surface area contributed by atoms with Crippen LogP contribution < -0.4 is 9.47 Å². The topological polar surface area (TPSA) is 47.9 Å². The zero-order valence-electron chi connectivity index (χ0n) is 11.6. The van der Waals surface area contributed by atoms with Gasteiger partial charge in [-0.2, -0.15) is 0 Å². The Bertz CT molecular complexity index is 354. The maximum atomic E-state index is 10.5. The monoisotopic (exact) mass is 254 g/mol. The predicted molar refractivity (Wildman–Crippen MR) is 70.1 cm³/mol. The summed E-state index contributed by atoms with van der Waals surface area (Å²) in [6.07, 6.45) is -1.10. The van der Waals surface area contributed by atoms with Crippen molar-refractivity contribution in [1.29, 1.82) is 0 Å².